The van der Waals surface area contributed by atoms with Gasteiger partial charge in [0.15, 0.2) is 0 Å². The topological polar surface area (TPSA) is 98.7 Å². The Morgan fingerprint density at radius 3 is 2.57 bits per heavy atom. The molecule has 1 spiro atoms. The van der Waals surface area contributed by atoms with Crippen molar-refractivity contribution in [3.05, 3.63) is 0 Å². The lowest BCUT2D eigenvalue weighted by molar-refractivity contribution is -0.142. The summed E-state index contributed by atoms with van der Waals surface area (Å²) in [7, 11) is 0. The Labute approximate surface area is 184 Å². The molecule has 3 rings (SSSR count). The number of thioether (sulfide) groups is 1. The second kappa shape index (κ2) is 9.07. The van der Waals surface area contributed by atoms with Crippen LogP contribution in [-0.2, 0) is 14.4 Å². The predicted octanol–water partition coefficient (Wildman–Crippen LogP) is 1.54. The third-order valence-electron chi connectivity index (χ3n) is 7.13. The molecular weight excluding hydrogens is 402 g/mol. The maximum atomic E-state index is 13.7. The normalized spacial score (nSPS) is 36.5. The minimum atomic E-state index is -0.662. The van der Waals surface area contributed by atoms with Gasteiger partial charge in [-0.1, -0.05) is 27.2 Å². The molecule has 30 heavy (non-hydrogen) atoms. The van der Waals surface area contributed by atoms with Crippen LogP contribution in [0.25, 0.3) is 0 Å². The van der Waals surface area contributed by atoms with E-state index in [1.807, 2.05) is 13.8 Å². The smallest absolute Gasteiger partial charge is 0.244 e. The molecule has 4 unspecified atom stereocenters. The van der Waals surface area contributed by atoms with Gasteiger partial charge >= 0.3 is 0 Å². The van der Waals surface area contributed by atoms with Crippen molar-refractivity contribution < 1.29 is 19.5 Å². The number of likely N-dealkylation sites (tertiary alicyclic amines) is 1. The number of hydrogen-bond acceptors (Lipinski definition) is 5. The second-order valence-electron chi connectivity index (χ2n) is 9.32. The van der Waals surface area contributed by atoms with Crippen LogP contribution in [0.1, 0.15) is 60.3 Å². The lowest BCUT2D eigenvalue weighted by atomic mass is 9.66. The van der Waals surface area contributed by atoms with Gasteiger partial charge in [0, 0.05) is 17.8 Å². The summed E-state index contributed by atoms with van der Waals surface area (Å²) in [6.45, 7) is 10.3. The number of aliphatic hydroxyl groups excluding tert-OH is 1. The zero-order valence-electron chi connectivity index (χ0n) is 18.8. The van der Waals surface area contributed by atoms with Gasteiger partial charge in [-0.15, -0.1) is 11.8 Å². The predicted molar refractivity (Wildman–Crippen MR) is 118 cm³/mol. The molecule has 3 saturated heterocycles. The van der Waals surface area contributed by atoms with Crippen molar-refractivity contribution in [1.82, 2.24) is 15.5 Å². The van der Waals surface area contributed by atoms with E-state index in [9.17, 15) is 19.5 Å². The highest BCUT2D eigenvalue weighted by Crippen LogP contribution is 2.68. The molecule has 8 heteroatoms. The highest BCUT2D eigenvalue weighted by molar-refractivity contribution is 8.02. The number of hydrogen-bond donors (Lipinski definition) is 3. The first-order valence-electron chi connectivity index (χ1n) is 11.4. The van der Waals surface area contributed by atoms with Crippen LogP contribution < -0.4 is 10.6 Å². The lowest BCUT2D eigenvalue weighted by Gasteiger charge is -2.40. The molecule has 170 valence electrons. The monoisotopic (exact) mass is 439 g/mol. The average molecular weight is 440 g/mol. The maximum Gasteiger partial charge on any atom is 0.244 e. The van der Waals surface area contributed by atoms with Gasteiger partial charge in [-0.05, 0) is 39.0 Å². The Hall–Kier alpha value is -1.28. The molecule has 3 amide bonds. The number of nitrogens with zero attached hydrogens (tertiary/aromatic N) is 1. The molecule has 0 aromatic heterocycles. The molecule has 0 aromatic carbocycles. The first-order valence-corrected chi connectivity index (χ1v) is 12.3. The van der Waals surface area contributed by atoms with Crippen molar-refractivity contribution in [2.24, 2.45) is 17.8 Å². The molecule has 7 nitrogen and oxygen atoms in total. The van der Waals surface area contributed by atoms with Crippen LogP contribution in [0.3, 0.4) is 0 Å². The zero-order chi connectivity index (χ0) is 22.2. The summed E-state index contributed by atoms with van der Waals surface area (Å²) >= 11 is 1.67. The number of nitrogens with one attached hydrogen (secondary N) is 2. The van der Waals surface area contributed by atoms with Gasteiger partial charge in [-0.25, -0.2) is 0 Å². The van der Waals surface area contributed by atoms with Crippen molar-refractivity contribution in [2.75, 3.05) is 13.2 Å². The fraction of sp³-hybridized carbons (Fsp3) is 0.864. The van der Waals surface area contributed by atoms with E-state index in [0.29, 0.717) is 6.54 Å². The highest BCUT2D eigenvalue weighted by atomic mass is 32.2. The molecule has 0 radical (unpaired) electrons. The summed E-state index contributed by atoms with van der Waals surface area (Å²) in [5.74, 6) is -1.16. The quantitative estimate of drug-likeness (QED) is 0.506. The van der Waals surface area contributed by atoms with Crippen LogP contribution in [0.5, 0.6) is 0 Å². The van der Waals surface area contributed by atoms with Crippen molar-refractivity contribution in [3.63, 3.8) is 0 Å². The molecular formula is C22H37N3O4S. The fourth-order valence-corrected chi connectivity index (χ4v) is 8.22. The zero-order valence-corrected chi connectivity index (χ0v) is 19.6. The van der Waals surface area contributed by atoms with E-state index >= 15 is 0 Å². The Bertz CT molecular complexity index is 689. The van der Waals surface area contributed by atoms with Crippen molar-refractivity contribution >= 4 is 29.5 Å². The third kappa shape index (κ3) is 3.53. The molecule has 8 atom stereocenters. The van der Waals surface area contributed by atoms with Gasteiger partial charge in [-0.2, -0.15) is 0 Å². The van der Waals surface area contributed by atoms with E-state index in [2.05, 4.69) is 24.5 Å². The molecule has 3 aliphatic heterocycles. The van der Waals surface area contributed by atoms with E-state index in [0.717, 1.165) is 25.7 Å². The molecule has 3 fully saturated rings. The van der Waals surface area contributed by atoms with Crippen LogP contribution in [-0.4, -0.2) is 69.0 Å². The highest BCUT2D eigenvalue weighted by Gasteiger charge is 2.76. The number of fused-ring (bicyclic) bond motifs is 1. The third-order valence-corrected chi connectivity index (χ3v) is 9.21. The summed E-state index contributed by atoms with van der Waals surface area (Å²) < 4.78 is -0.616. The lowest BCUT2D eigenvalue weighted by Crippen LogP contribution is -2.59. The van der Waals surface area contributed by atoms with Gasteiger partial charge in [0.1, 0.15) is 6.04 Å². The standard InChI is InChI=1S/C22H37N3O4S/c1-6-8-13(4)24-20(28)18-22-12(3)10-15(30-22)16(19(27)23-9-7-2)17(22)21(29)25(18)14(5)11-26/h12-18,26H,6-11H2,1-5H3,(H,23,27)(H,24,28)/t12?,13?,14-,15-,16+,17+,18?,22?/m1/s1. The van der Waals surface area contributed by atoms with Crippen LogP contribution in [0.15, 0.2) is 0 Å². The maximum absolute atomic E-state index is 13.7. The Kier molecular flexibility index (Phi) is 7.07. The summed E-state index contributed by atoms with van der Waals surface area (Å²) in [4.78, 5) is 41.8. The van der Waals surface area contributed by atoms with Gasteiger partial charge in [-0.3, -0.25) is 14.4 Å². The minimum absolute atomic E-state index is 0.0156. The number of carbonyl (C=O) groups excluding carboxylic acids is 3. The number of amides is 3. The van der Waals surface area contributed by atoms with Crippen molar-refractivity contribution in [1.29, 1.82) is 0 Å². The van der Waals surface area contributed by atoms with Crippen LogP contribution in [0.4, 0.5) is 0 Å². The summed E-state index contributed by atoms with van der Waals surface area (Å²) in [5, 5.41) is 16.0. The Morgan fingerprint density at radius 2 is 1.97 bits per heavy atom. The second-order valence-corrected chi connectivity index (χ2v) is 10.9. The van der Waals surface area contributed by atoms with E-state index in [4.69, 9.17) is 0 Å². The molecule has 0 saturated carbocycles. The van der Waals surface area contributed by atoms with Crippen LogP contribution in [0, 0.1) is 17.8 Å². The molecule has 0 aromatic rings. The largest absolute Gasteiger partial charge is 0.394 e. The van der Waals surface area contributed by atoms with Gasteiger partial charge in [0.25, 0.3) is 0 Å². The first-order chi connectivity index (χ1) is 14.2. The van der Waals surface area contributed by atoms with E-state index in [1.165, 1.54) is 0 Å². The number of rotatable bonds is 9. The SMILES string of the molecule is CCCNC(=O)[C@@H]1[C@H]2C(=O)N([C@H](C)CO)C(C(=O)NC(C)CCC)C23S[C@@H]1CC3C. The van der Waals surface area contributed by atoms with Gasteiger partial charge in [0.05, 0.1) is 29.2 Å². The fourth-order valence-electron chi connectivity index (χ4n) is 5.81. The summed E-state index contributed by atoms with van der Waals surface area (Å²) in [6, 6.07) is -1.12. The molecule has 3 heterocycles. The Balaban J connectivity index is 2.00. The van der Waals surface area contributed by atoms with E-state index in [1.54, 1.807) is 23.6 Å². The average Bonchev–Trinajstić information content (AvgIpc) is 3.29. The number of aliphatic hydroxyl groups is 1. The Morgan fingerprint density at radius 1 is 1.27 bits per heavy atom. The summed E-state index contributed by atoms with van der Waals surface area (Å²) in [5.41, 5.74) is 0. The molecule has 2 bridgehead atoms. The number of carbonyl (C=O) groups is 3. The minimum Gasteiger partial charge on any atom is -0.394 e. The van der Waals surface area contributed by atoms with Gasteiger partial charge < -0.3 is 20.6 Å². The first kappa shape index (κ1) is 23.4. The molecule has 3 aliphatic rings. The van der Waals surface area contributed by atoms with E-state index < -0.39 is 28.7 Å². The van der Waals surface area contributed by atoms with Gasteiger partial charge in [0.2, 0.25) is 17.7 Å². The van der Waals surface area contributed by atoms with Crippen molar-refractivity contribution in [3.8, 4) is 0 Å². The molecule has 0 aliphatic carbocycles. The van der Waals surface area contributed by atoms with Crippen LogP contribution >= 0.6 is 11.8 Å². The summed E-state index contributed by atoms with van der Waals surface area (Å²) in [6.07, 6.45) is 3.49. The van der Waals surface area contributed by atoms with Crippen LogP contribution in [0.2, 0.25) is 0 Å². The van der Waals surface area contributed by atoms with E-state index in [-0.39, 0.29) is 41.5 Å². The molecule has 3 N–H and O–H groups in total. The van der Waals surface area contributed by atoms with Crippen molar-refractivity contribution in [2.45, 2.75) is 88.4 Å².